The lowest BCUT2D eigenvalue weighted by Gasteiger charge is -2.36. The molecule has 0 heterocycles. The maximum atomic E-state index is 11.5. The number of carbonyl (C=O) groups is 2. The van der Waals surface area contributed by atoms with Crippen LogP contribution in [0.3, 0.4) is 0 Å². The van der Waals surface area contributed by atoms with Gasteiger partial charge in [-0.2, -0.15) is 0 Å². The van der Waals surface area contributed by atoms with E-state index in [1.165, 1.54) is 6.08 Å². The molecule has 1 unspecified atom stereocenters. The number of amides is 1. The minimum atomic E-state index is -1.41. The Hall–Kier alpha value is -1.60. The summed E-state index contributed by atoms with van der Waals surface area (Å²) in [6.45, 7) is 7.66. The van der Waals surface area contributed by atoms with Crippen molar-refractivity contribution >= 4 is 12.1 Å². The molecule has 3 atom stereocenters. The van der Waals surface area contributed by atoms with Crippen molar-refractivity contribution in [3.05, 3.63) is 12.7 Å². The summed E-state index contributed by atoms with van der Waals surface area (Å²) in [6.07, 6.45) is -0.931. The minimum Gasteiger partial charge on any atom is -0.481 e. The number of carboxylic acid groups (broad SMARTS) is 1. The number of aliphatic hydroxyl groups is 2. The molecule has 7 heteroatoms. The predicted octanol–water partition coefficient (Wildman–Crippen LogP) is 0.367. The summed E-state index contributed by atoms with van der Waals surface area (Å²) in [5.74, 6) is -2.28. The molecule has 1 amide bonds. The van der Waals surface area contributed by atoms with Crippen LogP contribution in [0.2, 0.25) is 0 Å². The molecule has 0 fully saturated rings. The molecule has 0 aliphatic heterocycles. The quantitative estimate of drug-likeness (QED) is 0.503. The van der Waals surface area contributed by atoms with E-state index >= 15 is 0 Å². The molecule has 20 heavy (non-hydrogen) atoms. The Kier molecular flexibility index (Phi) is 7.23. The molecular formula is C13H23NO6. The van der Waals surface area contributed by atoms with Gasteiger partial charge in [0, 0.05) is 0 Å². The highest BCUT2D eigenvalue weighted by molar-refractivity contribution is 5.74. The van der Waals surface area contributed by atoms with E-state index in [2.05, 4.69) is 11.9 Å². The summed E-state index contributed by atoms with van der Waals surface area (Å²) in [4.78, 5) is 22.9. The zero-order valence-corrected chi connectivity index (χ0v) is 12.0. The second kappa shape index (κ2) is 7.86. The summed E-state index contributed by atoms with van der Waals surface area (Å²) < 4.78 is 4.71. The largest absolute Gasteiger partial charge is 0.481 e. The number of carboxylic acids is 1. The average Bonchev–Trinajstić information content (AvgIpc) is 2.32. The van der Waals surface area contributed by atoms with Crippen LogP contribution in [0.15, 0.2) is 12.7 Å². The fourth-order valence-corrected chi connectivity index (χ4v) is 1.89. The average molecular weight is 289 g/mol. The van der Waals surface area contributed by atoms with Gasteiger partial charge in [0.1, 0.15) is 6.61 Å². The van der Waals surface area contributed by atoms with Crippen LogP contribution in [0.25, 0.3) is 0 Å². The van der Waals surface area contributed by atoms with Crippen molar-refractivity contribution in [2.75, 3.05) is 13.2 Å². The molecule has 0 radical (unpaired) electrons. The van der Waals surface area contributed by atoms with E-state index in [0.717, 1.165) is 0 Å². The van der Waals surface area contributed by atoms with Gasteiger partial charge in [0.05, 0.1) is 24.7 Å². The van der Waals surface area contributed by atoms with Crippen LogP contribution in [0, 0.1) is 11.3 Å². The van der Waals surface area contributed by atoms with Crippen molar-refractivity contribution in [2.24, 2.45) is 11.3 Å². The first kappa shape index (κ1) is 18.4. The number of alkyl carbamates (subject to hydrolysis) is 1. The van der Waals surface area contributed by atoms with Crippen LogP contribution in [0.4, 0.5) is 4.79 Å². The zero-order valence-electron chi connectivity index (χ0n) is 12.0. The van der Waals surface area contributed by atoms with Crippen LogP contribution >= 0.6 is 0 Å². The Morgan fingerprint density at radius 2 is 1.95 bits per heavy atom. The van der Waals surface area contributed by atoms with Crippen molar-refractivity contribution in [1.29, 1.82) is 0 Å². The molecule has 0 aliphatic rings. The topological polar surface area (TPSA) is 116 Å². The number of aliphatic carboxylic acids is 1. The van der Waals surface area contributed by atoms with E-state index in [9.17, 15) is 19.8 Å². The second-order valence-electron chi connectivity index (χ2n) is 5.49. The van der Waals surface area contributed by atoms with E-state index in [1.54, 1.807) is 20.8 Å². The molecule has 0 aliphatic carbocycles. The summed E-state index contributed by atoms with van der Waals surface area (Å²) in [6, 6.07) is -1.17. The van der Waals surface area contributed by atoms with E-state index in [1.807, 2.05) is 0 Å². The lowest BCUT2D eigenvalue weighted by molar-refractivity contribution is -0.149. The van der Waals surface area contributed by atoms with Crippen LogP contribution in [0.5, 0.6) is 0 Å². The first-order valence-corrected chi connectivity index (χ1v) is 6.21. The van der Waals surface area contributed by atoms with Gasteiger partial charge in [-0.15, -0.1) is 0 Å². The van der Waals surface area contributed by atoms with E-state index < -0.39 is 42.1 Å². The van der Waals surface area contributed by atoms with Crippen LogP contribution in [-0.4, -0.2) is 52.7 Å². The zero-order chi connectivity index (χ0) is 15.9. The lowest BCUT2D eigenvalue weighted by Crippen LogP contribution is -2.55. The number of ether oxygens (including phenoxy) is 1. The summed E-state index contributed by atoms with van der Waals surface area (Å²) >= 11 is 0. The number of aliphatic hydroxyl groups excluding tert-OH is 2. The Balaban J connectivity index is 5.16. The highest BCUT2D eigenvalue weighted by Crippen LogP contribution is 2.30. The normalized spacial score (nSPS) is 15.8. The lowest BCUT2D eigenvalue weighted by atomic mass is 9.74. The van der Waals surface area contributed by atoms with Gasteiger partial charge in [0.2, 0.25) is 0 Å². The number of carbonyl (C=O) groups excluding carboxylic acids is 1. The molecule has 0 aromatic carbocycles. The third kappa shape index (κ3) is 5.58. The third-order valence-corrected chi connectivity index (χ3v) is 2.78. The van der Waals surface area contributed by atoms with Gasteiger partial charge in [-0.05, 0) is 5.41 Å². The smallest absolute Gasteiger partial charge is 0.407 e. The van der Waals surface area contributed by atoms with Gasteiger partial charge < -0.3 is 25.4 Å². The van der Waals surface area contributed by atoms with E-state index in [-0.39, 0.29) is 6.61 Å². The SMILES string of the molecule is C=CCOC(=O)N[C@@H](C(C(=O)O)C(C)(C)C)[C@@H](O)CO. The van der Waals surface area contributed by atoms with Crippen LogP contribution in [0.1, 0.15) is 20.8 Å². The van der Waals surface area contributed by atoms with Crippen molar-refractivity contribution in [2.45, 2.75) is 32.9 Å². The minimum absolute atomic E-state index is 0.0406. The first-order valence-electron chi connectivity index (χ1n) is 6.21. The van der Waals surface area contributed by atoms with Gasteiger partial charge in [0.15, 0.2) is 0 Å². The molecule has 116 valence electrons. The van der Waals surface area contributed by atoms with Crippen molar-refractivity contribution in [3.8, 4) is 0 Å². The molecule has 0 rings (SSSR count). The first-order chi connectivity index (χ1) is 9.15. The molecule has 7 nitrogen and oxygen atoms in total. The van der Waals surface area contributed by atoms with Gasteiger partial charge in [-0.25, -0.2) is 4.79 Å². The fraction of sp³-hybridized carbons (Fsp3) is 0.692. The molecule has 0 saturated heterocycles. The second-order valence-corrected chi connectivity index (χ2v) is 5.49. The molecule has 4 N–H and O–H groups in total. The molecular weight excluding hydrogens is 266 g/mol. The number of hydrogen-bond donors (Lipinski definition) is 4. The maximum absolute atomic E-state index is 11.5. The number of hydrogen-bond acceptors (Lipinski definition) is 5. The van der Waals surface area contributed by atoms with Gasteiger partial charge >= 0.3 is 12.1 Å². The highest BCUT2D eigenvalue weighted by Gasteiger charge is 2.42. The summed E-state index contributed by atoms with van der Waals surface area (Å²) in [5.41, 5.74) is -0.738. The number of nitrogens with one attached hydrogen (secondary N) is 1. The Bertz CT molecular complexity index is 349. The van der Waals surface area contributed by atoms with Crippen LogP contribution in [-0.2, 0) is 9.53 Å². The van der Waals surface area contributed by atoms with Crippen molar-refractivity contribution < 1.29 is 29.6 Å². The standard InChI is InChI=1S/C13H23NO6/c1-5-6-20-12(19)14-10(8(16)7-15)9(11(17)18)13(2,3)4/h5,8-10,15-16H,1,6-7H2,2-4H3,(H,14,19)(H,17,18)/t8-,9?,10+/m0/s1. The maximum Gasteiger partial charge on any atom is 0.407 e. The van der Waals surface area contributed by atoms with Gasteiger partial charge in [0.25, 0.3) is 0 Å². The van der Waals surface area contributed by atoms with Crippen LogP contribution < -0.4 is 5.32 Å². The summed E-state index contributed by atoms with van der Waals surface area (Å²) in [7, 11) is 0. The monoisotopic (exact) mass is 289 g/mol. The Morgan fingerprint density at radius 3 is 2.30 bits per heavy atom. The Morgan fingerprint density at radius 1 is 1.40 bits per heavy atom. The van der Waals surface area contributed by atoms with Crippen molar-refractivity contribution in [3.63, 3.8) is 0 Å². The fourth-order valence-electron chi connectivity index (χ4n) is 1.89. The molecule has 0 bridgehead atoms. The predicted molar refractivity (Wildman–Crippen MR) is 72.1 cm³/mol. The summed E-state index contributed by atoms with van der Waals surface area (Å²) in [5, 5.41) is 30.4. The van der Waals surface area contributed by atoms with E-state index in [0.29, 0.717) is 0 Å². The van der Waals surface area contributed by atoms with Gasteiger partial charge in [-0.3, -0.25) is 4.79 Å². The number of rotatable bonds is 7. The van der Waals surface area contributed by atoms with E-state index in [4.69, 9.17) is 9.84 Å². The van der Waals surface area contributed by atoms with Crippen molar-refractivity contribution in [1.82, 2.24) is 5.32 Å². The molecule has 0 aromatic rings. The molecule has 0 saturated carbocycles. The Labute approximate surface area is 118 Å². The molecule has 0 aromatic heterocycles. The molecule has 0 spiro atoms. The van der Waals surface area contributed by atoms with Gasteiger partial charge in [-0.1, -0.05) is 33.4 Å². The third-order valence-electron chi connectivity index (χ3n) is 2.78. The highest BCUT2D eigenvalue weighted by atomic mass is 16.5.